The predicted octanol–water partition coefficient (Wildman–Crippen LogP) is 2.81. The van der Waals surface area contributed by atoms with Gasteiger partial charge in [-0.15, -0.1) is 24.8 Å². The maximum Gasteiger partial charge on any atom is 0.239 e. The molecular formula is C18H28Cl3N3O2. The van der Waals surface area contributed by atoms with Crippen LogP contribution in [0.4, 0.5) is 0 Å². The Bertz CT molecular complexity index is 570. The smallest absolute Gasteiger partial charge is 0.239 e. The van der Waals surface area contributed by atoms with Crippen LogP contribution in [0.1, 0.15) is 31.4 Å². The lowest BCUT2D eigenvalue weighted by atomic mass is 10.0. The number of ether oxygens (including phenoxy) is 1. The van der Waals surface area contributed by atoms with Gasteiger partial charge in [0.15, 0.2) is 0 Å². The number of rotatable bonds is 5. The highest BCUT2D eigenvalue weighted by atomic mass is 35.5. The Morgan fingerprint density at radius 2 is 2.12 bits per heavy atom. The summed E-state index contributed by atoms with van der Waals surface area (Å²) in [6.45, 7) is 6.02. The van der Waals surface area contributed by atoms with Crippen molar-refractivity contribution < 1.29 is 9.53 Å². The molecule has 0 aliphatic carbocycles. The van der Waals surface area contributed by atoms with E-state index in [1.165, 1.54) is 12.8 Å². The Morgan fingerprint density at radius 3 is 2.77 bits per heavy atom. The van der Waals surface area contributed by atoms with Gasteiger partial charge in [-0.1, -0.05) is 23.7 Å². The second-order valence-corrected chi connectivity index (χ2v) is 7.00. The molecule has 1 amide bonds. The molecule has 148 valence electrons. The molecule has 26 heavy (non-hydrogen) atoms. The molecule has 3 rings (SSSR count). The fourth-order valence-electron chi connectivity index (χ4n) is 3.56. The third-order valence-electron chi connectivity index (χ3n) is 4.88. The minimum Gasteiger partial charge on any atom is -0.375 e. The van der Waals surface area contributed by atoms with Crippen LogP contribution >= 0.6 is 36.4 Å². The molecule has 2 aliphatic rings. The van der Waals surface area contributed by atoms with Gasteiger partial charge >= 0.3 is 0 Å². The van der Waals surface area contributed by atoms with Gasteiger partial charge in [0.1, 0.15) is 6.04 Å². The first kappa shape index (κ1) is 23.5. The van der Waals surface area contributed by atoms with Crippen LogP contribution in [0, 0.1) is 0 Å². The summed E-state index contributed by atoms with van der Waals surface area (Å²) < 4.78 is 5.57. The van der Waals surface area contributed by atoms with Crippen LogP contribution in [-0.2, 0) is 9.53 Å². The van der Waals surface area contributed by atoms with E-state index in [1.807, 2.05) is 25.1 Å². The Hall–Kier alpha value is -0.560. The number of hydrogen-bond acceptors (Lipinski definition) is 4. The van der Waals surface area contributed by atoms with Crippen molar-refractivity contribution >= 4 is 42.3 Å². The molecule has 2 fully saturated rings. The summed E-state index contributed by atoms with van der Waals surface area (Å²) in [6.07, 6.45) is 2.32. The SMILES string of the molecule is C[C@H]1OCCN[C@@H]1C(=O)NCC(c1cccc(Cl)c1)N1CCCC1.Cl.Cl. The first-order chi connectivity index (χ1) is 11.6. The van der Waals surface area contributed by atoms with Gasteiger partial charge in [0.2, 0.25) is 5.91 Å². The number of hydrogen-bond donors (Lipinski definition) is 2. The van der Waals surface area contributed by atoms with E-state index in [4.69, 9.17) is 16.3 Å². The zero-order valence-electron chi connectivity index (χ0n) is 14.9. The first-order valence-electron chi connectivity index (χ1n) is 8.77. The topological polar surface area (TPSA) is 53.6 Å². The van der Waals surface area contributed by atoms with Crippen molar-refractivity contribution in [3.8, 4) is 0 Å². The fourth-order valence-corrected chi connectivity index (χ4v) is 3.76. The van der Waals surface area contributed by atoms with Crippen molar-refractivity contribution in [2.75, 3.05) is 32.8 Å². The highest BCUT2D eigenvalue weighted by Gasteiger charge is 2.30. The molecule has 0 saturated carbocycles. The standard InChI is InChI=1S/C18H26ClN3O2.2ClH/c1-13-17(20-7-10-24-13)18(23)21-12-16(22-8-2-3-9-22)14-5-4-6-15(19)11-14;;/h4-6,11,13,16-17,20H,2-3,7-10,12H2,1H3,(H,21,23);2*1H/t13-,16?,17+;;/m1../s1. The number of morpholine rings is 1. The van der Waals surface area contributed by atoms with Gasteiger partial charge in [0.05, 0.1) is 18.8 Å². The largest absolute Gasteiger partial charge is 0.375 e. The quantitative estimate of drug-likeness (QED) is 0.763. The zero-order valence-corrected chi connectivity index (χ0v) is 17.3. The maximum atomic E-state index is 12.5. The van der Waals surface area contributed by atoms with Gasteiger partial charge in [-0.2, -0.15) is 0 Å². The molecule has 2 N–H and O–H groups in total. The minimum atomic E-state index is -0.280. The van der Waals surface area contributed by atoms with Crippen LogP contribution in [0.25, 0.3) is 0 Å². The van der Waals surface area contributed by atoms with Crippen LogP contribution < -0.4 is 10.6 Å². The number of halogens is 3. The number of carbonyl (C=O) groups is 1. The third kappa shape index (κ3) is 5.98. The first-order valence-corrected chi connectivity index (χ1v) is 9.15. The van der Waals surface area contributed by atoms with Gasteiger partial charge < -0.3 is 15.4 Å². The number of nitrogens with zero attached hydrogens (tertiary/aromatic N) is 1. The third-order valence-corrected chi connectivity index (χ3v) is 5.12. The summed E-state index contributed by atoms with van der Waals surface area (Å²) in [6, 6.07) is 7.83. The number of nitrogens with one attached hydrogen (secondary N) is 2. The van der Waals surface area contributed by atoms with Crippen LogP contribution in [0.5, 0.6) is 0 Å². The molecular weight excluding hydrogens is 397 g/mol. The van der Waals surface area contributed by atoms with Crippen LogP contribution in [0.15, 0.2) is 24.3 Å². The summed E-state index contributed by atoms with van der Waals surface area (Å²) in [5.41, 5.74) is 1.16. The molecule has 1 aromatic carbocycles. The normalized spacial score (nSPS) is 24.2. The highest BCUT2D eigenvalue weighted by Crippen LogP contribution is 2.26. The molecule has 3 atom stereocenters. The van der Waals surface area contributed by atoms with E-state index in [-0.39, 0.29) is 48.9 Å². The van der Waals surface area contributed by atoms with E-state index < -0.39 is 0 Å². The number of carbonyl (C=O) groups excluding carboxylic acids is 1. The van der Waals surface area contributed by atoms with Gasteiger partial charge in [0, 0.05) is 18.1 Å². The second kappa shape index (κ2) is 11.3. The Labute approximate surface area is 173 Å². The summed E-state index contributed by atoms with van der Waals surface area (Å²) in [5.74, 6) is 0.00780. The maximum absolute atomic E-state index is 12.5. The van der Waals surface area contributed by atoms with Gasteiger partial charge in [-0.3, -0.25) is 9.69 Å². The number of likely N-dealkylation sites (tertiary alicyclic amines) is 1. The second-order valence-electron chi connectivity index (χ2n) is 6.57. The average Bonchev–Trinajstić information content (AvgIpc) is 3.10. The van der Waals surface area contributed by atoms with E-state index in [1.54, 1.807) is 0 Å². The monoisotopic (exact) mass is 423 g/mol. The van der Waals surface area contributed by atoms with E-state index in [2.05, 4.69) is 21.6 Å². The van der Waals surface area contributed by atoms with E-state index in [0.29, 0.717) is 19.7 Å². The van der Waals surface area contributed by atoms with Crippen molar-refractivity contribution in [1.29, 1.82) is 0 Å². The fraction of sp³-hybridized carbons (Fsp3) is 0.611. The molecule has 0 aromatic heterocycles. The molecule has 8 heteroatoms. The van der Waals surface area contributed by atoms with Gasteiger partial charge in [0.25, 0.3) is 0 Å². The minimum absolute atomic E-state index is 0. The number of benzene rings is 1. The van der Waals surface area contributed by atoms with E-state index in [0.717, 1.165) is 23.7 Å². The predicted molar refractivity (Wildman–Crippen MR) is 110 cm³/mol. The lowest BCUT2D eigenvalue weighted by Gasteiger charge is -2.32. The Balaban J connectivity index is 0.00000169. The zero-order chi connectivity index (χ0) is 16.9. The summed E-state index contributed by atoms with van der Waals surface area (Å²) in [5, 5.41) is 7.09. The molecule has 2 saturated heterocycles. The van der Waals surface area contributed by atoms with Crippen molar-refractivity contribution in [2.24, 2.45) is 0 Å². The summed E-state index contributed by atoms with van der Waals surface area (Å²) >= 11 is 6.17. The molecule has 0 radical (unpaired) electrons. The number of amides is 1. The lowest BCUT2D eigenvalue weighted by molar-refractivity contribution is -0.129. The van der Waals surface area contributed by atoms with Crippen molar-refractivity contribution in [3.63, 3.8) is 0 Å². The van der Waals surface area contributed by atoms with Gasteiger partial charge in [-0.05, 0) is 50.6 Å². The molecule has 1 unspecified atom stereocenters. The molecule has 1 aromatic rings. The van der Waals surface area contributed by atoms with E-state index >= 15 is 0 Å². The molecule has 2 aliphatic heterocycles. The van der Waals surface area contributed by atoms with Crippen LogP contribution in [0.3, 0.4) is 0 Å². The van der Waals surface area contributed by atoms with Gasteiger partial charge in [-0.25, -0.2) is 0 Å². The molecule has 5 nitrogen and oxygen atoms in total. The lowest BCUT2D eigenvalue weighted by Crippen LogP contribution is -2.56. The average molecular weight is 425 g/mol. The summed E-state index contributed by atoms with van der Waals surface area (Å²) in [4.78, 5) is 15.0. The summed E-state index contributed by atoms with van der Waals surface area (Å²) in [7, 11) is 0. The van der Waals surface area contributed by atoms with Crippen LogP contribution in [0.2, 0.25) is 5.02 Å². The highest BCUT2D eigenvalue weighted by molar-refractivity contribution is 6.30. The van der Waals surface area contributed by atoms with Crippen LogP contribution in [-0.4, -0.2) is 55.7 Å². The molecule has 2 heterocycles. The molecule has 0 bridgehead atoms. The Kier molecular flexibility index (Phi) is 10.2. The van der Waals surface area contributed by atoms with E-state index in [9.17, 15) is 4.79 Å². The Morgan fingerprint density at radius 1 is 1.38 bits per heavy atom. The van der Waals surface area contributed by atoms with Crippen molar-refractivity contribution in [3.05, 3.63) is 34.9 Å². The van der Waals surface area contributed by atoms with Crippen molar-refractivity contribution in [2.45, 2.75) is 38.0 Å². The van der Waals surface area contributed by atoms with Crippen molar-refractivity contribution in [1.82, 2.24) is 15.5 Å². The molecule has 0 spiro atoms.